The maximum Gasteiger partial charge on any atom is 0.121 e. The molecular weight excluding hydrogens is 166 g/mol. The zero-order chi connectivity index (χ0) is 9.10. The highest BCUT2D eigenvalue weighted by Crippen LogP contribution is 2.19. The summed E-state index contributed by atoms with van der Waals surface area (Å²) < 4.78 is 5.11. The lowest BCUT2D eigenvalue weighted by atomic mass is 10.3. The van der Waals surface area contributed by atoms with E-state index in [4.69, 9.17) is 4.74 Å². The molecule has 0 spiro atoms. The van der Waals surface area contributed by atoms with Crippen LogP contribution in [-0.2, 0) is 0 Å². The van der Waals surface area contributed by atoms with Gasteiger partial charge in [0.15, 0.2) is 0 Å². The van der Waals surface area contributed by atoms with Crippen LogP contribution in [0.2, 0.25) is 0 Å². The molecule has 0 aliphatic carbocycles. The van der Waals surface area contributed by atoms with Gasteiger partial charge in [-0.2, -0.15) is 5.12 Å². The van der Waals surface area contributed by atoms with Crippen molar-refractivity contribution < 1.29 is 4.74 Å². The van der Waals surface area contributed by atoms with Crippen molar-refractivity contribution >= 4 is 5.69 Å². The van der Waals surface area contributed by atoms with Crippen LogP contribution in [0.1, 0.15) is 0 Å². The fourth-order valence-corrected chi connectivity index (χ4v) is 1.16. The van der Waals surface area contributed by atoms with E-state index in [0.29, 0.717) is 0 Å². The number of nitrogens with zero attached hydrogens (tertiary/aromatic N) is 1. The summed E-state index contributed by atoms with van der Waals surface area (Å²) in [5.74, 6) is 0.841. The molecule has 1 aliphatic rings. The number of hydrogen-bond donors (Lipinski definition) is 2. The van der Waals surface area contributed by atoms with E-state index in [9.17, 15) is 0 Å². The van der Waals surface area contributed by atoms with E-state index < -0.39 is 0 Å². The van der Waals surface area contributed by atoms with Crippen LogP contribution >= 0.6 is 0 Å². The molecule has 13 heavy (non-hydrogen) atoms. The van der Waals surface area contributed by atoms with Crippen molar-refractivity contribution in [3.8, 4) is 5.75 Å². The summed E-state index contributed by atoms with van der Waals surface area (Å²) in [6, 6.07) is 7.77. The Kier molecular flexibility index (Phi) is 1.96. The summed E-state index contributed by atoms with van der Waals surface area (Å²) >= 11 is 0. The predicted molar refractivity (Wildman–Crippen MR) is 50.9 cm³/mol. The Balaban J connectivity index is 2.19. The first-order valence-electron chi connectivity index (χ1n) is 4.02. The summed E-state index contributed by atoms with van der Waals surface area (Å²) in [5, 5.41) is 1.79. The molecule has 0 saturated carbocycles. The van der Waals surface area contributed by atoms with Crippen LogP contribution in [0.3, 0.4) is 0 Å². The van der Waals surface area contributed by atoms with E-state index in [1.165, 1.54) is 0 Å². The maximum absolute atomic E-state index is 5.11. The van der Waals surface area contributed by atoms with Crippen molar-refractivity contribution in [2.24, 2.45) is 0 Å². The average molecular weight is 177 g/mol. The molecule has 4 heteroatoms. The number of nitrogens with one attached hydrogen (secondary N) is 2. The molecule has 1 aliphatic heterocycles. The smallest absolute Gasteiger partial charge is 0.121 e. The highest BCUT2D eigenvalue weighted by molar-refractivity contribution is 5.50. The van der Waals surface area contributed by atoms with Crippen LogP contribution < -0.4 is 20.7 Å². The SMILES string of the molecule is COc1cccc(N2NC=CN2)c1. The van der Waals surface area contributed by atoms with Crippen molar-refractivity contribution in [3.63, 3.8) is 0 Å². The molecule has 0 amide bonds. The molecular formula is C9H11N3O. The number of hydrazine groups is 2. The molecule has 1 aromatic carbocycles. The minimum Gasteiger partial charge on any atom is -0.497 e. The van der Waals surface area contributed by atoms with E-state index in [1.54, 1.807) is 12.2 Å². The second kappa shape index (κ2) is 3.26. The Hall–Kier alpha value is -1.84. The van der Waals surface area contributed by atoms with E-state index in [-0.39, 0.29) is 0 Å². The number of benzene rings is 1. The average Bonchev–Trinajstić information content (AvgIpc) is 2.71. The van der Waals surface area contributed by atoms with Gasteiger partial charge in [0, 0.05) is 18.5 Å². The van der Waals surface area contributed by atoms with Gasteiger partial charge in [-0.25, -0.2) is 0 Å². The lowest BCUT2D eigenvalue weighted by Crippen LogP contribution is -2.37. The van der Waals surface area contributed by atoms with Crippen LogP contribution in [-0.4, -0.2) is 7.11 Å². The largest absolute Gasteiger partial charge is 0.497 e. The minimum absolute atomic E-state index is 0.841. The Morgan fingerprint density at radius 3 is 2.69 bits per heavy atom. The molecule has 68 valence electrons. The van der Waals surface area contributed by atoms with Crippen LogP contribution in [0.15, 0.2) is 36.7 Å². The number of hydrogen-bond acceptors (Lipinski definition) is 4. The molecule has 0 radical (unpaired) electrons. The first kappa shape index (κ1) is 7.79. The third-order valence-corrected chi connectivity index (χ3v) is 1.80. The van der Waals surface area contributed by atoms with Crippen LogP contribution in [0.25, 0.3) is 0 Å². The molecule has 0 aromatic heterocycles. The van der Waals surface area contributed by atoms with Crippen molar-refractivity contribution in [3.05, 3.63) is 36.7 Å². The molecule has 0 atom stereocenters. The molecule has 2 rings (SSSR count). The lowest BCUT2D eigenvalue weighted by molar-refractivity contribution is 0.414. The molecule has 2 N–H and O–H groups in total. The predicted octanol–water partition coefficient (Wildman–Crippen LogP) is 0.996. The van der Waals surface area contributed by atoms with Crippen LogP contribution in [0.5, 0.6) is 5.75 Å². The summed E-state index contributed by atoms with van der Waals surface area (Å²) in [6.07, 6.45) is 3.64. The quantitative estimate of drug-likeness (QED) is 0.706. The second-order valence-corrected chi connectivity index (χ2v) is 2.63. The van der Waals surface area contributed by atoms with Gasteiger partial charge in [0.1, 0.15) is 5.75 Å². The molecule has 0 unspecified atom stereocenters. The summed E-state index contributed by atoms with van der Waals surface area (Å²) in [5.41, 5.74) is 7.02. The van der Waals surface area contributed by atoms with Crippen LogP contribution in [0, 0.1) is 0 Å². The standard InChI is InChI=1S/C9H11N3O/c1-13-9-4-2-3-8(7-9)12-10-5-6-11-12/h2-7,10-11H,1H3. The summed E-state index contributed by atoms with van der Waals surface area (Å²) in [6.45, 7) is 0. The van der Waals surface area contributed by atoms with E-state index in [0.717, 1.165) is 11.4 Å². The molecule has 1 aromatic rings. The Morgan fingerprint density at radius 2 is 2.00 bits per heavy atom. The van der Waals surface area contributed by atoms with Gasteiger partial charge >= 0.3 is 0 Å². The van der Waals surface area contributed by atoms with Gasteiger partial charge in [-0.05, 0) is 12.1 Å². The summed E-state index contributed by atoms with van der Waals surface area (Å²) in [4.78, 5) is 0. The molecule has 0 bridgehead atoms. The van der Waals surface area contributed by atoms with E-state index in [1.807, 2.05) is 36.7 Å². The third-order valence-electron chi connectivity index (χ3n) is 1.80. The third kappa shape index (κ3) is 1.51. The zero-order valence-corrected chi connectivity index (χ0v) is 7.32. The highest BCUT2D eigenvalue weighted by Gasteiger charge is 2.06. The topological polar surface area (TPSA) is 36.5 Å². The molecule has 1 heterocycles. The number of methoxy groups -OCH3 is 1. The van der Waals surface area contributed by atoms with Crippen molar-refractivity contribution in [2.45, 2.75) is 0 Å². The van der Waals surface area contributed by atoms with E-state index in [2.05, 4.69) is 10.9 Å². The Morgan fingerprint density at radius 1 is 1.23 bits per heavy atom. The monoisotopic (exact) mass is 177 g/mol. The number of anilines is 1. The summed E-state index contributed by atoms with van der Waals surface area (Å²) in [7, 11) is 1.65. The van der Waals surface area contributed by atoms with Crippen LogP contribution in [0.4, 0.5) is 5.69 Å². The van der Waals surface area contributed by atoms with Gasteiger partial charge < -0.3 is 4.74 Å². The molecule has 4 nitrogen and oxygen atoms in total. The van der Waals surface area contributed by atoms with Gasteiger partial charge in [0.05, 0.1) is 12.8 Å². The molecule has 0 fully saturated rings. The minimum atomic E-state index is 0.841. The maximum atomic E-state index is 5.11. The van der Waals surface area contributed by atoms with E-state index >= 15 is 0 Å². The van der Waals surface area contributed by atoms with Gasteiger partial charge in [0.2, 0.25) is 0 Å². The zero-order valence-electron chi connectivity index (χ0n) is 7.32. The first-order chi connectivity index (χ1) is 6.40. The van der Waals surface area contributed by atoms with Crippen molar-refractivity contribution in [1.29, 1.82) is 0 Å². The molecule has 0 saturated heterocycles. The Bertz CT molecular complexity index is 316. The first-order valence-corrected chi connectivity index (χ1v) is 4.02. The van der Waals surface area contributed by atoms with Crippen molar-refractivity contribution in [1.82, 2.24) is 10.9 Å². The Labute approximate surface area is 76.7 Å². The van der Waals surface area contributed by atoms with Crippen molar-refractivity contribution in [2.75, 3.05) is 12.2 Å². The fourth-order valence-electron chi connectivity index (χ4n) is 1.16. The van der Waals surface area contributed by atoms with Gasteiger partial charge in [0.25, 0.3) is 0 Å². The van der Waals surface area contributed by atoms with Gasteiger partial charge in [-0.3, -0.25) is 10.9 Å². The number of ether oxygens (including phenoxy) is 1. The second-order valence-electron chi connectivity index (χ2n) is 2.63. The van der Waals surface area contributed by atoms with Gasteiger partial charge in [-0.1, -0.05) is 6.07 Å². The van der Waals surface area contributed by atoms with Gasteiger partial charge in [-0.15, -0.1) is 0 Å². The lowest BCUT2D eigenvalue weighted by Gasteiger charge is -2.18. The normalized spacial score (nSPS) is 13.8. The highest BCUT2D eigenvalue weighted by atomic mass is 16.5. The fraction of sp³-hybridized carbons (Fsp3) is 0.111. The number of rotatable bonds is 2.